The number of nitrogen functional groups attached to an aromatic ring is 1. The molecule has 0 radical (unpaired) electrons. The van der Waals surface area contributed by atoms with E-state index >= 15 is 0 Å². The number of rotatable bonds is 3. The first-order valence-corrected chi connectivity index (χ1v) is 7.16. The van der Waals surface area contributed by atoms with Crippen LogP contribution in [0.25, 0.3) is 0 Å². The van der Waals surface area contributed by atoms with Crippen molar-refractivity contribution in [1.29, 1.82) is 0 Å². The zero-order valence-electron chi connectivity index (χ0n) is 11.5. The molecule has 0 bridgehead atoms. The summed E-state index contributed by atoms with van der Waals surface area (Å²) in [6.45, 7) is 4.04. The number of hydrogen-bond acceptors (Lipinski definition) is 2. The summed E-state index contributed by atoms with van der Waals surface area (Å²) in [7, 11) is 0. The first kappa shape index (κ1) is 14.6. The number of nitrogens with two attached hydrogens (primary N) is 1. The van der Waals surface area contributed by atoms with Crippen LogP contribution in [0.1, 0.15) is 16.7 Å². The van der Waals surface area contributed by atoms with Crippen molar-refractivity contribution in [3.63, 3.8) is 0 Å². The number of hydrogen-bond donors (Lipinski definition) is 2. The Balaban J connectivity index is 2.09. The second kappa shape index (κ2) is 6.09. The fourth-order valence-corrected chi connectivity index (χ4v) is 2.35. The van der Waals surface area contributed by atoms with Gasteiger partial charge in [0.2, 0.25) is 5.91 Å². The van der Waals surface area contributed by atoms with Gasteiger partial charge in [0.15, 0.2) is 0 Å². The van der Waals surface area contributed by atoms with Crippen LogP contribution in [-0.2, 0) is 11.2 Å². The van der Waals surface area contributed by atoms with E-state index in [-0.39, 0.29) is 5.91 Å². The van der Waals surface area contributed by atoms with Crippen molar-refractivity contribution in [2.75, 3.05) is 11.1 Å². The third-order valence-corrected chi connectivity index (χ3v) is 3.83. The Morgan fingerprint density at radius 1 is 1.20 bits per heavy atom. The van der Waals surface area contributed by atoms with Crippen LogP contribution >= 0.6 is 15.9 Å². The maximum Gasteiger partial charge on any atom is 0.228 e. The van der Waals surface area contributed by atoms with Gasteiger partial charge in [-0.1, -0.05) is 23.8 Å². The summed E-state index contributed by atoms with van der Waals surface area (Å²) in [5.41, 5.74) is 10.5. The van der Waals surface area contributed by atoms with Crippen LogP contribution in [0.3, 0.4) is 0 Å². The van der Waals surface area contributed by atoms with E-state index < -0.39 is 0 Å². The summed E-state index contributed by atoms with van der Waals surface area (Å²) in [5, 5.41) is 2.88. The summed E-state index contributed by atoms with van der Waals surface area (Å²) in [6, 6.07) is 11.5. The zero-order chi connectivity index (χ0) is 14.7. The molecule has 0 saturated heterocycles. The van der Waals surface area contributed by atoms with Crippen molar-refractivity contribution in [2.45, 2.75) is 20.3 Å². The van der Waals surface area contributed by atoms with Crippen LogP contribution < -0.4 is 11.1 Å². The van der Waals surface area contributed by atoms with Crippen LogP contribution in [0.2, 0.25) is 0 Å². The van der Waals surface area contributed by atoms with Gasteiger partial charge in [-0.2, -0.15) is 0 Å². The van der Waals surface area contributed by atoms with Crippen LogP contribution in [-0.4, -0.2) is 5.91 Å². The van der Waals surface area contributed by atoms with E-state index in [1.807, 2.05) is 32.0 Å². The maximum atomic E-state index is 12.1. The predicted octanol–water partition coefficient (Wildman–Crippen LogP) is 3.83. The summed E-state index contributed by atoms with van der Waals surface area (Å²) >= 11 is 3.35. The Bertz CT molecular complexity index is 653. The molecular weight excluding hydrogens is 316 g/mol. The molecule has 1 amide bonds. The smallest absolute Gasteiger partial charge is 0.228 e. The van der Waals surface area contributed by atoms with Gasteiger partial charge in [-0.3, -0.25) is 4.79 Å². The van der Waals surface area contributed by atoms with Gasteiger partial charge in [0.25, 0.3) is 0 Å². The van der Waals surface area contributed by atoms with E-state index in [9.17, 15) is 4.79 Å². The second-order valence-electron chi connectivity index (χ2n) is 4.89. The van der Waals surface area contributed by atoms with Gasteiger partial charge >= 0.3 is 0 Å². The number of carbonyl (C=O) groups excluding carboxylic acids is 1. The Kier molecular flexibility index (Phi) is 4.45. The molecule has 2 aromatic carbocycles. The van der Waals surface area contributed by atoms with Crippen molar-refractivity contribution in [1.82, 2.24) is 0 Å². The molecule has 0 heterocycles. The van der Waals surface area contributed by atoms with Gasteiger partial charge in [-0.25, -0.2) is 0 Å². The molecule has 0 fully saturated rings. The minimum atomic E-state index is -0.0321. The average Bonchev–Trinajstić information content (AvgIpc) is 2.38. The lowest BCUT2D eigenvalue weighted by molar-refractivity contribution is -0.115. The second-order valence-corrected chi connectivity index (χ2v) is 5.75. The largest absolute Gasteiger partial charge is 0.398 e. The maximum absolute atomic E-state index is 12.1. The highest BCUT2D eigenvalue weighted by Gasteiger charge is 2.07. The molecular formula is C16H17BrN2O. The van der Waals surface area contributed by atoms with Gasteiger partial charge < -0.3 is 11.1 Å². The molecule has 0 aliphatic rings. The minimum Gasteiger partial charge on any atom is -0.398 e. The summed E-state index contributed by atoms with van der Waals surface area (Å²) in [6.07, 6.45) is 0.371. The lowest BCUT2D eigenvalue weighted by atomic mass is 10.0. The lowest BCUT2D eigenvalue weighted by Gasteiger charge is -2.09. The van der Waals surface area contributed by atoms with E-state index in [1.54, 1.807) is 18.2 Å². The topological polar surface area (TPSA) is 55.1 Å². The first-order chi connectivity index (χ1) is 9.45. The molecule has 2 aromatic rings. The molecule has 0 aromatic heterocycles. The quantitative estimate of drug-likeness (QED) is 0.839. The molecule has 0 saturated carbocycles. The number of aryl methyl sites for hydroxylation is 2. The van der Waals surface area contributed by atoms with E-state index in [4.69, 9.17) is 5.73 Å². The van der Waals surface area contributed by atoms with Gasteiger partial charge in [-0.15, -0.1) is 0 Å². The molecule has 104 valence electrons. The van der Waals surface area contributed by atoms with Crippen LogP contribution in [0, 0.1) is 13.8 Å². The Labute approximate surface area is 127 Å². The van der Waals surface area contributed by atoms with Crippen molar-refractivity contribution >= 4 is 33.2 Å². The van der Waals surface area contributed by atoms with E-state index in [0.717, 1.165) is 26.9 Å². The molecule has 0 aliphatic carbocycles. The highest BCUT2D eigenvalue weighted by atomic mass is 79.9. The minimum absolute atomic E-state index is 0.0321. The van der Waals surface area contributed by atoms with Gasteiger partial charge in [0.1, 0.15) is 0 Å². The molecule has 0 atom stereocenters. The van der Waals surface area contributed by atoms with Crippen LogP contribution in [0.4, 0.5) is 11.4 Å². The number of carbonyl (C=O) groups is 1. The van der Waals surface area contributed by atoms with Gasteiger partial charge in [0.05, 0.1) is 6.42 Å². The van der Waals surface area contributed by atoms with Gasteiger partial charge in [-0.05, 0) is 59.1 Å². The van der Waals surface area contributed by atoms with Crippen molar-refractivity contribution in [2.24, 2.45) is 0 Å². The van der Waals surface area contributed by atoms with Crippen LogP contribution in [0.5, 0.6) is 0 Å². The third-order valence-electron chi connectivity index (χ3n) is 3.14. The molecule has 2 rings (SSSR count). The summed E-state index contributed by atoms with van der Waals surface area (Å²) in [4.78, 5) is 12.1. The number of nitrogens with one attached hydrogen (secondary N) is 1. The zero-order valence-corrected chi connectivity index (χ0v) is 13.1. The summed E-state index contributed by atoms with van der Waals surface area (Å²) < 4.78 is 0.780. The van der Waals surface area contributed by atoms with Crippen LogP contribution in [0.15, 0.2) is 40.9 Å². The monoisotopic (exact) mass is 332 g/mol. The van der Waals surface area contributed by atoms with Gasteiger partial charge in [0, 0.05) is 15.8 Å². The molecule has 0 unspecified atom stereocenters. The molecule has 20 heavy (non-hydrogen) atoms. The van der Waals surface area contributed by atoms with Crippen molar-refractivity contribution < 1.29 is 4.79 Å². The van der Waals surface area contributed by atoms with E-state index in [0.29, 0.717) is 12.1 Å². The Morgan fingerprint density at radius 3 is 2.65 bits per heavy atom. The summed E-state index contributed by atoms with van der Waals surface area (Å²) in [5.74, 6) is -0.0321. The number of anilines is 2. The molecule has 0 aliphatic heterocycles. The molecule has 4 heteroatoms. The highest BCUT2D eigenvalue weighted by molar-refractivity contribution is 9.10. The SMILES string of the molecule is Cc1ccc(C)c(CC(=O)Nc2ccc(N)c(Br)c2)c1. The van der Waals surface area contributed by atoms with E-state index in [2.05, 4.69) is 21.2 Å². The molecule has 3 N–H and O–H groups in total. The Morgan fingerprint density at radius 2 is 1.95 bits per heavy atom. The number of halogens is 1. The lowest BCUT2D eigenvalue weighted by Crippen LogP contribution is -2.15. The average molecular weight is 333 g/mol. The van der Waals surface area contributed by atoms with Crippen molar-refractivity contribution in [3.05, 3.63) is 57.6 Å². The predicted molar refractivity (Wildman–Crippen MR) is 86.8 cm³/mol. The Hall–Kier alpha value is -1.81. The van der Waals surface area contributed by atoms with E-state index in [1.165, 1.54) is 0 Å². The fraction of sp³-hybridized carbons (Fsp3) is 0.188. The van der Waals surface area contributed by atoms with Crippen molar-refractivity contribution in [3.8, 4) is 0 Å². The third kappa shape index (κ3) is 3.61. The number of benzene rings is 2. The molecule has 0 spiro atoms. The first-order valence-electron chi connectivity index (χ1n) is 6.36. The molecule has 3 nitrogen and oxygen atoms in total. The fourth-order valence-electron chi connectivity index (χ4n) is 1.97. The highest BCUT2D eigenvalue weighted by Crippen LogP contribution is 2.23. The standard InChI is InChI=1S/C16H17BrN2O/c1-10-3-4-11(2)12(7-10)8-16(20)19-13-5-6-15(18)14(17)9-13/h3-7,9H,8,18H2,1-2H3,(H,19,20). The normalized spacial score (nSPS) is 10.3. The number of amides is 1.